The van der Waals surface area contributed by atoms with Crippen molar-refractivity contribution < 1.29 is 17.9 Å². The van der Waals surface area contributed by atoms with E-state index in [9.17, 15) is 13.2 Å². The van der Waals surface area contributed by atoms with Crippen LogP contribution in [0.25, 0.3) is 11.4 Å². The minimum atomic E-state index is -3.61. The fourth-order valence-corrected chi connectivity index (χ4v) is 6.32. The maximum absolute atomic E-state index is 13.2. The fourth-order valence-electron chi connectivity index (χ4n) is 3.70. The highest BCUT2D eigenvalue weighted by molar-refractivity contribution is 7.94. The van der Waals surface area contributed by atoms with Crippen LogP contribution in [0.2, 0.25) is 0 Å². The normalized spacial score (nSPS) is 20.0. The van der Waals surface area contributed by atoms with E-state index in [1.807, 2.05) is 30.3 Å². The predicted octanol–water partition coefficient (Wildman–Crippen LogP) is 1.93. The number of ether oxygens (including phenoxy) is 1. The first-order valence-electron chi connectivity index (χ1n) is 9.13. The van der Waals surface area contributed by atoms with Gasteiger partial charge in [0.1, 0.15) is 0 Å². The molecule has 1 saturated carbocycles. The van der Waals surface area contributed by atoms with Gasteiger partial charge in [0.2, 0.25) is 11.9 Å². The Kier molecular flexibility index (Phi) is 4.73. The minimum absolute atomic E-state index is 0.0901. The first-order valence-corrected chi connectivity index (χ1v) is 10.7. The first-order chi connectivity index (χ1) is 13.0. The number of nitrogens with zero attached hydrogens (tertiary/aromatic N) is 2. The second-order valence-corrected chi connectivity index (χ2v) is 9.57. The van der Waals surface area contributed by atoms with Crippen molar-refractivity contribution >= 4 is 21.7 Å². The molecule has 1 saturated heterocycles. The zero-order chi connectivity index (χ0) is 18.9. The molecular formula is C18H22N4O4S. The summed E-state index contributed by atoms with van der Waals surface area (Å²) in [5, 5.41) is 8.88. The van der Waals surface area contributed by atoms with Crippen molar-refractivity contribution in [2.45, 2.75) is 42.1 Å². The number of benzene rings is 1. The molecule has 0 unspecified atom stereocenters. The van der Waals surface area contributed by atoms with Gasteiger partial charge in [-0.25, -0.2) is 8.42 Å². The van der Waals surface area contributed by atoms with Gasteiger partial charge in [0, 0.05) is 18.8 Å². The van der Waals surface area contributed by atoms with Crippen LogP contribution >= 0.6 is 0 Å². The predicted molar refractivity (Wildman–Crippen MR) is 99.8 cm³/mol. The summed E-state index contributed by atoms with van der Waals surface area (Å²) in [5.74, 6) is 0.0759. The molecule has 2 aromatic rings. The van der Waals surface area contributed by atoms with Crippen LogP contribution in [-0.4, -0.2) is 52.7 Å². The van der Waals surface area contributed by atoms with E-state index in [0.717, 1.165) is 12.0 Å². The zero-order valence-electron chi connectivity index (χ0n) is 14.8. The smallest absolute Gasteiger partial charge is 0.249 e. The third kappa shape index (κ3) is 3.14. The van der Waals surface area contributed by atoms with Gasteiger partial charge in [-0.05, 0) is 32.1 Å². The van der Waals surface area contributed by atoms with E-state index in [2.05, 4.69) is 20.5 Å². The number of anilines is 1. The molecular weight excluding hydrogens is 368 g/mol. The lowest BCUT2D eigenvalue weighted by atomic mass is 9.83. The largest absolute Gasteiger partial charge is 0.381 e. The van der Waals surface area contributed by atoms with Gasteiger partial charge in [-0.3, -0.25) is 15.2 Å². The second-order valence-electron chi connectivity index (χ2n) is 7.03. The number of carbonyl (C=O) groups is 1. The quantitative estimate of drug-likeness (QED) is 0.806. The molecule has 1 aromatic carbocycles. The third-order valence-electron chi connectivity index (χ3n) is 5.48. The Labute approximate surface area is 157 Å². The summed E-state index contributed by atoms with van der Waals surface area (Å²) in [6, 6.07) is 9.38. The highest BCUT2D eigenvalue weighted by Gasteiger charge is 2.57. The first kappa shape index (κ1) is 18.1. The van der Waals surface area contributed by atoms with Crippen molar-refractivity contribution in [1.82, 2.24) is 15.2 Å². The maximum Gasteiger partial charge on any atom is 0.249 e. The molecule has 8 nitrogen and oxygen atoms in total. The summed E-state index contributed by atoms with van der Waals surface area (Å²) in [5.41, 5.74) is 0.832. The summed E-state index contributed by atoms with van der Waals surface area (Å²) in [7, 11) is -3.61. The van der Waals surface area contributed by atoms with E-state index in [0.29, 0.717) is 44.7 Å². The van der Waals surface area contributed by atoms with Crippen molar-refractivity contribution in [3.05, 3.63) is 30.3 Å². The molecule has 0 radical (unpaired) electrons. The lowest BCUT2D eigenvalue weighted by Gasteiger charge is -2.42. The lowest BCUT2D eigenvalue weighted by Crippen LogP contribution is -2.58. The number of carbonyl (C=O) groups excluding carboxylic acids is 1. The van der Waals surface area contributed by atoms with Crippen LogP contribution in [0.4, 0.5) is 5.95 Å². The van der Waals surface area contributed by atoms with E-state index in [4.69, 9.17) is 4.74 Å². The number of amides is 1. The molecule has 1 aliphatic heterocycles. The minimum Gasteiger partial charge on any atom is -0.381 e. The standard InChI is InChI=1S/C18H22N4O4S/c23-16(20-17-19-15(21-22-17)13-5-2-1-3-6-13)18(9-4-10-18)27(24,25)14-7-11-26-12-8-14/h1-3,5-6,14H,4,7-12H2,(H2,19,20,21,22,23). The summed E-state index contributed by atoms with van der Waals surface area (Å²) >= 11 is 0. The second kappa shape index (κ2) is 7.05. The van der Waals surface area contributed by atoms with E-state index < -0.39 is 25.7 Å². The van der Waals surface area contributed by atoms with Crippen molar-refractivity contribution in [1.29, 1.82) is 0 Å². The molecule has 2 aliphatic rings. The van der Waals surface area contributed by atoms with Crippen LogP contribution in [0.1, 0.15) is 32.1 Å². The summed E-state index contributed by atoms with van der Waals surface area (Å²) < 4.78 is 30.3. The Balaban J connectivity index is 1.54. The van der Waals surface area contributed by atoms with E-state index >= 15 is 0 Å². The molecule has 0 spiro atoms. The van der Waals surface area contributed by atoms with Crippen molar-refractivity contribution in [2.24, 2.45) is 0 Å². The molecule has 2 heterocycles. The average molecular weight is 390 g/mol. The molecule has 1 amide bonds. The number of nitrogens with one attached hydrogen (secondary N) is 2. The van der Waals surface area contributed by atoms with Crippen LogP contribution in [-0.2, 0) is 19.4 Å². The van der Waals surface area contributed by atoms with Crippen LogP contribution in [0.15, 0.2) is 30.3 Å². The Hall–Kier alpha value is -2.26. The highest BCUT2D eigenvalue weighted by Crippen LogP contribution is 2.44. The molecule has 27 heavy (non-hydrogen) atoms. The Bertz CT molecular complexity index is 916. The lowest BCUT2D eigenvalue weighted by molar-refractivity contribution is -0.120. The van der Waals surface area contributed by atoms with Crippen LogP contribution in [0.5, 0.6) is 0 Å². The van der Waals surface area contributed by atoms with E-state index in [1.165, 1.54) is 0 Å². The molecule has 1 aromatic heterocycles. The molecule has 1 aliphatic carbocycles. The number of rotatable bonds is 5. The van der Waals surface area contributed by atoms with E-state index in [-0.39, 0.29) is 5.95 Å². The van der Waals surface area contributed by atoms with Gasteiger partial charge in [-0.2, -0.15) is 4.98 Å². The highest BCUT2D eigenvalue weighted by atomic mass is 32.2. The topological polar surface area (TPSA) is 114 Å². The summed E-state index contributed by atoms with van der Waals surface area (Å²) in [4.78, 5) is 17.2. The number of H-pyrrole nitrogens is 1. The van der Waals surface area contributed by atoms with E-state index in [1.54, 1.807) is 0 Å². The van der Waals surface area contributed by atoms with Gasteiger partial charge in [0.25, 0.3) is 0 Å². The average Bonchev–Trinajstić information content (AvgIpc) is 3.10. The Morgan fingerprint density at radius 2 is 1.89 bits per heavy atom. The van der Waals surface area contributed by atoms with Crippen molar-refractivity contribution in [3.8, 4) is 11.4 Å². The third-order valence-corrected chi connectivity index (χ3v) is 8.52. The molecule has 0 bridgehead atoms. The summed E-state index contributed by atoms with van der Waals surface area (Å²) in [6.07, 6.45) is 2.29. The Morgan fingerprint density at radius 3 is 2.52 bits per heavy atom. The molecule has 4 rings (SSSR count). The number of hydrogen-bond acceptors (Lipinski definition) is 6. The van der Waals surface area contributed by atoms with Gasteiger partial charge >= 0.3 is 0 Å². The van der Waals surface area contributed by atoms with Gasteiger partial charge in [-0.15, -0.1) is 5.10 Å². The Morgan fingerprint density at radius 1 is 1.19 bits per heavy atom. The van der Waals surface area contributed by atoms with Crippen molar-refractivity contribution in [3.63, 3.8) is 0 Å². The van der Waals surface area contributed by atoms with Crippen molar-refractivity contribution in [2.75, 3.05) is 18.5 Å². The number of aromatic amines is 1. The monoisotopic (exact) mass is 390 g/mol. The molecule has 2 N–H and O–H groups in total. The maximum atomic E-state index is 13.2. The number of aromatic nitrogens is 3. The van der Waals surface area contributed by atoms with Gasteiger partial charge in [0.15, 0.2) is 20.4 Å². The summed E-state index contributed by atoms with van der Waals surface area (Å²) in [6.45, 7) is 0.839. The molecule has 9 heteroatoms. The van der Waals surface area contributed by atoms with Gasteiger partial charge in [-0.1, -0.05) is 30.3 Å². The zero-order valence-corrected chi connectivity index (χ0v) is 15.7. The van der Waals surface area contributed by atoms with Crippen LogP contribution < -0.4 is 5.32 Å². The molecule has 2 fully saturated rings. The van der Waals surface area contributed by atoms with Crippen LogP contribution in [0.3, 0.4) is 0 Å². The SMILES string of the molecule is O=C(Nc1n[nH]c(-c2ccccc2)n1)C1(S(=O)(=O)C2CCOCC2)CCC1. The number of sulfone groups is 1. The number of hydrogen-bond donors (Lipinski definition) is 2. The van der Waals surface area contributed by atoms with Gasteiger partial charge < -0.3 is 4.74 Å². The van der Waals surface area contributed by atoms with Gasteiger partial charge in [0.05, 0.1) is 5.25 Å². The fraction of sp³-hybridized carbons (Fsp3) is 0.500. The molecule has 144 valence electrons. The van der Waals surface area contributed by atoms with Crippen LogP contribution in [0, 0.1) is 0 Å². The molecule has 0 atom stereocenters.